The first-order valence-corrected chi connectivity index (χ1v) is 9.77. The Morgan fingerprint density at radius 2 is 1.90 bits per heavy atom. The molecule has 7 nitrogen and oxygen atoms in total. The summed E-state index contributed by atoms with van der Waals surface area (Å²) in [5.41, 5.74) is 0.684. The summed E-state index contributed by atoms with van der Waals surface area (Å²) in [6.45, 7) is 1.81. The van der Waals surface area contributed by atoms with Gasteiger partial charge in [0.05, 0.1) is 16.0 Å². The van der Waals surface area contributed by atoms with Gasteiger partial charge in [-0.3, -0.25) is 14.9 Å². The van der Waals surface area contributed by atoms with Crippen molar-refractivity contribution >= 4 is 40.9 Å². The zero-order valence-electron chi connectivity index (χ0n) is 16.1. The molecule has 0 aliphatic carbocycles. The second-order valence-electron chi connectivity index (χ2n) is 6.52. The molecule has 0 bridgehead atoms. The van der Waals surface area contributed by atoms with Gasteiger partial charge in [0, 0.05) is 17.7 Å². The number of nitrogens with zero attached hydrogens (tertiary/aromatic N) is 2. The summed E-state index contributed by atoms with van der Waals surface area (Å²) in [5.74, 6) is -0.119. The first-order valence-electron chi connectivity index (χ1n) is 9.01. The van der Waals surface area contributed by atoms with E-state index >= 15 is 0 Å². The number of furan rings is 1. The topological polar surface area (TPSA) is 109 Å². The minimum atomic E-state index is -0.627. The molecule has 156 valence electrons. The summed E-state index contributed by atoms with van der Waals surface area (Å²) in [4.78, 5) is 23.0. The highest BCUT2D eigenvalue weighted by Crippen LogP contribution is 2.37. The summed E-state index contributed by atoms with van der Waals surface area (Å²) in [6.07, 6.45) is 1.29. The number of rotatable bonds is 6. The molecule has 1 aromatic heterocycles. The van der Waals surface area contributed by atoms with Crippen molar-refractivity contribution in [2.45, 2.75) is 13.0 Å². The van der Waals surface area contributed by atoms with E-state index < -0.39 is 10.8 Å². The third-order valence-corrected chi connectivity index (χ3v) is 5.04. The van der Waals surface area contributed by atoms with Crippen LogP contribution >= 0.6 is 23.2 Å². The highest BCUT2D eigenvalue weighted by atomic mass is 35.5. The van der Waals surface area contributed by atoms with Crippen LogP contribution in [0.5, 0.6) is 0 Å². The van der Waals surface area contributed by atoms with Gasteiger partial charge in [0.1, 0.15) is 28.2 Å². The summed E-state index contributed by atoms with van der Waals surface area (Å²) in [5, 5.41) is 23.4. The van der Waals surface area contributed by atoms with Gasteiger partial charge < -0.3 is 9.73 Å². The van der Waals surface area contributed by atoms with Crippen molar-refractivity contribution in [2.75, 3.05) is 0 Å². The number of amides is 1. The molecule has 3 rings (SSSR count). The summed E-state index contributed by atoms with van der Waals surface area (Å²) in [6, 6.07) is 16.4. The smallest absolute Gasteiger partial charge is 0.288 e. The lowest BCUT2D eigenvalue weighted by atomic mass is 10.1. The van der Waals surface area contributed by atoms with Crippen molar-refractivity contribution in [1.82, 2.24) is 5.32 Å². The second-order valence-corrected chi connectivity index (χ2v) is 7.33. The number of carbonyl (C=O) groups excluding carboxylic acids is 1. The molecule has 0 aliphatic heterocycles. The van der Waals surface area contributed by atoms with E-state index in [0.29, 0.717) is 0 Å². The van der Waals surface area contributed by atoms with Gasteiger partial charge in [-0.25, -0.2) is 0 Å². The van der Waals surface area contributed by atoms with E-state index in [1.54, 1.807) is 0 Å². The first kappa shape index (κ1) is 22.1. The van der Waals surface area contributed by atoms with E-state index in [4.69, 9.17) is 27.6 Å². The van der Waals surface area contributed by atoms with Gasteiger partial charge in [-0.1, -0.05) is 53.5 Å². The Labute approximate surface area is 187 Å². The van der Waals surface area contributed by atoms with Gasteiger partial charge in [0.15, 0.2) is 0 Å². The normalized spacial score (nSPS) is 12.1. The standard InChI is InChI=1S/C22H15Cl2N3O4/c1-13(14-5-3-2-4-6-14)26-22(28)15(12-25)9-16-7-8-21(31-16)17-10-20(27(29)30)19(24)11-18(17)23/h2-11,13H,1H3,(H,26,28)/b15-9-/t13-/m1/s1. The Morgan fingerprint density at radius 3 is 2.55 bits per heavy atom. The monoisotopic (exact) mass is 455 g/mol. The van der Waals surface area contributed by atoms with Crippen LogP contribution in [0.4, 0.5) is 5.69 Å². The Morgan fingerprint density at radius 1 is 1.19 bits per heavy atom. The SMILES string of the molecule is C[C@@H](NC(=O)/C(C#N)=C\c1ccc(-c2cc([N+](=O)[O-])c(Cl)cc2Cl)o1)c1ccccc1. The van der Waals surface area contributed by atoms with Gasteiger partial charge >= 0.3 is 0 Å². The maximum absolute atomic E-state index is 12.5. The highest BCUT2D eigenvalue weighted by molar-refractivity contribution is 6.37. The maximum Gasteiger partial charge on any atom is 0.288 e. The van der Waals surface area contributed by atoms with Crippen LogP contribution in [0.2, 0.25) is 10.0 Å². The van der Waals surface area contributed by atoms with Crippen LogP contribution < -0.4 is 5.32 Å². The molecule has 31 heavy (non-hydrogen) atoms. The summed E-state index contributed by atoms with van der Waals surface area (Å²) >= 11 is 12.0. The largest absolute Gasteiger partial charge is 0.457 e. The third kappa shape index (κ3) is 5.12. The van der Waals surface area contributed by atoms with Crippen molar-refractivity contribution in [3.8, 4) is 17.4 Å². The minimum absolute atomic E-state index is 0.0959. The van der Waals surface area contributed by atoms with Crippen LogP contribution in [0, 0.1) is 21.4 Å². The molecular weight excluding hydrogens is 441 g/mol. The number of halogens is 2. The lowest BCUT2D eigenvalue weighted by Crippen LogP contribution is -2.27. The molecule has 1 amide bonds. The van der Waals surface area contributed by atoms with Crippen LogP contribution in [0.1, 0.15) is 24.3 Å². The van der Waals surface area contributed by atoms with Gasteiger partial charge in [-0.15, -0.1) is 0 Å². The van der Waals surface area contributed by atoms with Crippen molar-refractivity contribution in [1.29, 1.82) is 5.26 Å². The Balaban J connectivity index is 1.84. The van der Waals surface area contributed by atoms with Crippen molar-refractivity contribution in [2.24, 2.45) is 0 Å². The fourth-order valence-electron chi connectivity index (χ4n) is 2.83. The van der Waals surface area contributed by atoms with E-state index in [9.17, 15) is 20.2 Å². The molecule has 0 unspecified atom stereocenters. The molecule has 0 fully saturated rings. The molecule has 0 aliphatic rings. The minimum Gasteiger partial charge on any atom is -0.457 e. The van der Waals surface area contributed by atoms with Gasteiger partial charge in [-0.2, -0.15) is 5.26 Å². The molecular formula is C22H15Cl2N3O4. The lowest BCUT2D eigenvalue weighted by Gasteiger charge is -2.13. The maximum atomic E-state index is 12.5. The third-order valence-electron chi connectivity index (χ3n) is 4.42. The molecule has 1 atom stereocenters. The van der Waals surface area contributed by atoms with Gasteiger partial charge in [-0.05, 0) is 30.7 Å². The second kappa shape index (κ2) is 9.47. The fraction of sp³-hybridized carbons (Fsp3) is 0.0909. The van der Waals surface area contributed by atoms with Crippen LogP contribution in [0.3, 0.4) is 0 Å². The predicted octanol–water partition coefficient (Wildman–Crippen LogP) is 5.95. The Hall–Kier alpha value is -3.60. The lowest BCUT2D eigenvalue weighted by molar-refractivity contribution is -0.384. The van der Waals surface area contributed by atoms with Crippen molar-refractivity contribution in [3.05, 3.63) is 91.7 Å². The van der Waals surface area contributed by atoms with Crippen LogP contribution in [-0.2, 0) is 4.79 Å². The van der Waals surface area contributed by atoms with E-state index in [-0.39, 0.29) is 44.4 Å². The van der Waals surface area contributed by atoms with E-state index in [0.717, 1.165) is 5.56 Å². The van der Waals surface area contributed by atoms with Crippen LogP contribution in [0.15, 0.2) is 64.6 Å². The predicted molar refractivity (Wildman–Crippen MR) is 117 cm³/mol. The number of benzene rings is 2. The number of hydrogen-bond donors (Lipinski definition) is 1. The highest BCUT2D eigenvalue weighted by Gasteiger charge is 2.19. The zero-order valence-corrected chi connectivity index (χ0v) is 17.6. The van der Waals surface area contributed by atoms with Crippen molar-refractivity contribution < 1.29 is 14.1 Å². The summed E-state index contributed by atoms with van der Waals surface area (Å²) in [7, 11) is 0. The summed E-state index contributed by atoms with van der Waals surface area (Å²) < 4.78 is 5.64. The van der Waals surface area contributed by atoms with E-state index in [1.165, 1.54) is 30.3 Å². The number of nitrogens with one attached hydrogen (secondary N) is 1. The van der Waals surface area contributed by atoms with Crippen molar-refractivity contribution in [3.63, 3.8) is 0 Å². The molecule has 0 saturated carbocycles. The fourth-order valence-corrected chi connectivity index (χ4v) is 3.38. The Kier molecular flexibility index (Phi) is 6.75. The van der Waals surface area contributed by atoms with Gasteiger partial charge in [0.2, 0.25) is 0 Å². The quantitative estimate of drug-likeness (QED) is 0.214. The first-order chi connectivity index (χ1) is 14.8. The number of nitriles is 1. The average Bonchev–Trinajstić information content (AvgIpc) is 3.20. The molecule has 1 heterocycles. The molecule has 0 saturated heterocycles. The zero-order chi connectivity index (χ0) is 22.5. The van der Waals surface area contributed by atoms with E-state index in [1.807, 2.05) is 43.3 Å². The van der Waals surface area contributed by atoms with E-state index in [2.05, 4.69) is 5.32 Å². The average molecular weight is 456 g/mol. The number of hydrogen-bond acceptors (Lipinski definition) is 5. The molecule has 0 spiro atoms. The number of nitro groups is 1. The van der Waals surface area contributed by atoms with Crippen LogP contribution in [0.25, 0.3) is 17.4 Å². The molecule has 0 radical (unpaired) electrons. The molecule has 3 aromatic rings. The number of carbonyl (C=O) groups is 1. The van der Waals surface area contributed by atoms with Crippen LogP contribution in [-0.4, -0.2) is 10.8 Å². The number of nitro benzene ring substituents is 1. The Bertz CT molecular complexity index is 1210. The molecule has 2 aromatic carbocycles. The van der Waals surface area contributed by atoms with Gasteiger partial charge in [0.25, 0.3) is 11.6 Å². The molecule has 1 N–H and O–H groups in total. The molecule has 9 heteroatoms.